The van der Waals surface area contributed by atoms with Gasteiger partial charge in [0.1, 0.15) is 24.4 Å². The van der Waals surface area contributed by atoms with E-state index in [4.69, 9.17) is 9.47 Å². The molecule has 7 unspecified atom stereocenters. The van der Waals surface area contributed by atoms with Gasteiger partial charge in [-0.1, -0.05) is 338 Å². The zero-order valence-electron chi connectivity index (χ0n) is 53.8. The molecule has 1 aliphatic rings. The van der Waals surface area contributed by atoms with Crippen LogP contribution >= 0.6 is 0 Å². The van der Waals surface area contributed by atoms with Gasteiger partial charge in [0.2, 0.25) is 5.91 Å². The zero-order chi connectivity index (χ0) is 59.3. The van der Waals surface area contributed by atoms with Gasteiger partial charge in [0.25, 0.3) is 0 Å². The van der Waals surface area contributed by atoms with Crippen molar-refractivity contribution in [1.82, 2.24) is 5.32 Å². The number of carbonyl (C=O) groups is 1. The lowest BCUT2D eigenvalue weighted by molar-refractivity contribution is -0.302. The third-order valence-corrected chi connectivity index (χ3v) is 16.9. The van der Waals surface area contributed by atoms with Gasteiger partial charge in [-0.25, -0.2) is 0 Å². The second-order valence-corrected chi connectivity index (χ2v) is 24.7. The van der Waals surface area contributed by atoms with Crippen LogP contribution in [0, 0.1) is 0 Å². The molecule has 1 heterocycles. The van der Waals surface area contributed by atoms with Crippen LogP contribution in [-0.4, -0.2) is 87.5 Å². The van der Waals surface area contributed by atoms with Crippen molar-refractivity contribution < 1.29 is 39.8 Å². The number of unbranched alkanes of at least 4 members (excludes halogenated alkanes) is 42. The first kappa shape index (κ1) is 77.9. The predicted octanol–water partition coefficient (Wildman–Crippen LogP) is 19.4. The van der Waals surface area contributed by atoms with Crippen molar-refractivity contribution in [3.05, 3.63) is 60.8 Å². The van der Waals surface area contributed by atoms with E-state index in [-0.39, 0.29) is 12.5 Å². The highest BCUT2D eigenvalue weighted by Crippen LogP contribution is 2.24. The summed E-state index contributed by atoms with van der Waals surface area (Å²) in [5.41, 5.74) is 0. The zero-order valence-corrected chi connectivity index (χ0v) is 53.8. The number of aliphatic hydroxyl groups excluding tert-OH is 5. The first-order valence-corrected chi connectivity index (χ1v) is 35.5. The Morgan fingerprint density at radius 2 is 0.756 bits per heavy atom. The van der Waals surface area contributed by atoms with E-state index >= 15 is 0 Å². The van der Waals surface area contributed by atoms with E-state index in [1.54, 1.807) is 0 Å². The molecule has 6 N–H and O–H groups in total. The largest absolute Gasteiger partial charge is 0.394 e. The average molecular weight is 1150 g/mol. The molecule has 0 aromatic heterocycles. The molecule has 82 heavy (non-hydrogen) atoms. The van der Waals surface area contributed by atoms with Gasteiger partial charge in [0, 0.05) is 6.42 Å². The Morgan fingerprint density at radius 1 is 0.427 bits per heavy atom. The van der Waals surface area contributed by atoms with Crippen LogP contribution in [0.1, 0.15) is 341 Å². The Hall–Kier alpha value is -2.11. The second kappa shape index (κ2) is 62.0. The number of rotatable bonds is 62. The van der Waals surface area contributed by atoms with Gasteiger partial charge < -0.3 is 40.3 Å². The lowest BCUT2D eigenvalue weighted by Crippen LogP contribution is -2.60. The monoisotopic (exact) mass is 1150 g/mol. The first-order valence-electron chi connectivity index (χ1n) is 35.5. The highest BCUT2D eigenvalue weighted by Gasteiger charge is 2.44. The predicted molar refractivity (Wildman–Crippen MR) is 350 cm³/mol. The molecule has 0 bridgehead atoms. The fourth-order valence-electron chi connectivity index (χ4n) is 11.4. The smallest absolute Gasteiger partial charge is 0.220 e. The molecule has 0 spiro atoms. The van der Waals surface area contributed by atoms with E-state index in [9.17, 15) is 30.3 Å². The van der Waals surface area contributed by atoms with Crippen molar-refractivity contribution >= 4 is 5.91 Å². The summed E-state index contributed by atoms with van der Waals surface area (Å²) in [5.74, 6) is -0.141. The van der Waals surface area contributed by atoms with Crippen molar-refractivity contribution in [1.29, 1.82) is 0 Å². The van der Waals surface area contributed by atoms with Gasteiger partial charge in [0.15, 0.2) is 6.29 Å². The molecular formula is C73H135NO8. The quantitative estimate of drug-likeness (QED) is 0.0261. The molecule has 0 aromatic carbocycles. The number of hydrogen-bond acceptors (Lipinski definition) is 8. The molecule has 1 rings (SSSR count). The summed E-state index contributed by atoms with van der Waals surface area (Å²) in [6.45, 7) is 3.77. The number of allylic oxidation sites excluding steroid dienone is 10. The fourth-order valence-corrected chi connectivity index (χ4v) is 11.4. The maximum Gasteiger partial charge on any atom is 0.220 e. The van der Waals surface area contributed by atoms with Crippen LogP contribution in [0.4, 0.5) is 0 Å². The lowest BCUT2D eigenvalue weighted by Gasteiger charge is -2.40. The number of ether oxygens (including phenoxy) is 2. The third-order valence-electron chi connectivity index (χ3n) is 16.9. The Kier molecular flexibility index (Phi) is 58.9. The molecule has 9 nitrogen and oxygen atoms in total. The Morgan fingerprint density at radius 3 is 1.12 bits per heavy atom. The van der Waals surface area contributed by atoms with E-state index in [2.05, 4.69) is 79.9 Å². The SMILES string of the molecule is CC/C=C\C/C=C\C/C=C\C/C=C\C/C=C\CCCCCCCCCCCCCCCCCC(=O)NC(COC1OC(CO)C(O)C(O)C1O)C(O)CCCCCCCCCCCCCCCCCCCCCCCCCCCCCC. The van der Waals surface area contributed by atoms with E-state index in [0.717, 1.165) is 70.6 Å². The summed E-state index contributed by atoms with van der Waals surface area (Å²) in [5, 5.41) is 55.0. The molecule has 0 radical (unpaired) electrons. The van der Waals surface area contributed by atoms with Gasteiger partial charge in [-0.2, -0.15) is 0 Å². The van der Waals surface area contributed by atoms with Crippen LogP contribution in [0.3, 0.4) is 0 Å². The van der Waals surface area contributed by atoms with Crippen molar-refractivity contribution in [3.8, 4) is 0 Å². The molecule has 0 saturated carbocycles. The van der Waals surface area contributed by atoms with Gasteiger partial charge in [-0.3, -0.25) is 4.79 Å². The summed E-state index contributed by atoms with van der Waals surface area (Å²) in [7, 11) is 0. The van der Waals surface area contributed by atoms with Crippen molar-refractivity contribution in [3.63, 3.8) is 0 Å². The van der Waals surface area contributed by atoms with Crippen LogP contribution < -0.4 is 5.32 Å². The highest BCUT2D eigenvalue weighted by molar-refractivity contribution is 5.76. The summed E-state index contributed by atoms with van der Waals surface area (Å²) < 4.78 is 11.4. The number of nitrogens with one attached hydrogen (secondary N) is 1. The van der Waals surface area contributed by atoms with Crippen LogP contribution in [0.2, 0.25) is 0 Å². The van der Waals surface area contributed by atoms with Crippen LogP contribution in [0.25, 0.3) is 0 Å². The summed E-state index contributed by atoms with van der Waals surface area (Å²) in [6, 6.07) is -0.723. The number of carbonyl (C=O) groups excluding carboxylic acids is 1. The van der Waals surface area contributed by atoms with E-state index in [1.807, 2.05) is 0 Å². The molecule has 480 valence electrons. The lowest BCUT2D eigenvalue weighted by atomic mass is 9.99. The second-order valence-electron chi connectivity index (χ2n) is 24.7. The molecular weight excluding hydrogens is 1020 g/mol. The molecule has 1 saturated heterocycles. The van der Waals surface area contributed by atoms with Crippen LogP contribution in [0.15, 0.2) is 60.8 Å². The normalized spacial score (nSPS) is 18.6. The molecule has 1 amide bonds. The van der Waals surface area contributed by atoms with Gasteiger partial charge in [0.05, 0.1) is 25.4 Å². The summed E-state index contributed by atoms with van der Waals surface area (Å²) in [6.07, 6.45) is 78.6. The van der Waals surface area contributed by atoms with Gasteiger partial charge >= 0.3 is 0 Å². The van der Waals surface area contributed by atoms with Crippen molar-refractivity contribution in [2.45, 2.75) is 384 Å². The Bertz CT molecular complexity index is 1480. The Labute approximate surface area is 506 Å². The minimum atomic E-state index is -1.56. The Balaban J connectivity index is 2.11. The number of hydrogen-bond donors (Lipinski definition) is 6. The summed E-state index contributed by atoms with van der Waals surface area (Å²) >= 11 is 0. The van der Waals surface area contributed by atoms with Crippen molar-refractivity contribution in [2.24, 2.45) is 0 Å². The molecule has 1 fully saturated rings. The molecule has 0 aromatic rings. The minimum Gasteiger partial charge on any atom is -0.394 e. The van der Waals surface area contributed by atoms with Crippen molar-refractivity contribution in [2.75, 3.05) is 13.2 Å². The average Bonchev–Trinajstić information content (AvgIpc) is 3.52. The van der Waals surface area contributed by atoms with E-state index in [0.29, 0.717) is 12.8 Å². The molecule has 1 aliphatic heterocycles. The van der Waals surface area contributed by atoms with Gasteiger partial charge in [-0.15, -0.1) is 0 Å². The van der Waals surface area contributed by atoms with E-state index in [1.165, 1.54) is 244 Å². The topological polar surface area (TPSA) is 149 Å². The summed E-state index contributed by atoms with van der Waals surface area (Å²) in [4.78, 5) is 13.2. The fraction of sp³-hybridized carbons (Fsp3) is 0.849. The molecule has 9 heteroatoms. The van der Waals surface area contributed by atoms with Crippen LogP contribution in [-0.2, 0) is 14.3 Å². The number of amides is 1. The maximum absolute atomic E-state index is 13.2. The third kappa shape index (κ3) is 50.1. The van der Waals surface area contributed by atoms with Crippen LogP contribution in [0.5, 0.6) is 0 Å². The molecule has 7 atom stereocenters. The molecule has 0 aliphatic carbocycles. The standard InChI is InChI=1S/C73H135NO8/c1-3-5-7-9-11-13-15-17-19-21-23-25-27-29-31-33-34-35-37-39-41-43-45-47-49-51-53-55-57-59-61-63-69(77)74-66(65-81-73-72(80)71(79)70(78)68(64-75)82-73)67(76)62-60-58-56-54-52-50-48-46-44-42-40-38-36-32-30-28-26-24-22-20-18-16-14-12-10-8-6-4-2/h5,7,11,13,17,19,23,25,29,31,66-68,70-73,75-76,78-80H,3-4,6,8-10,12,14-16,18,20-22,24,26-28,30,32-65H2,1-2H3,(H,74,77)/b7-5-,13-11-,19-17-,25-23-,31-29-. The number of aliphatic hydroxyl groups is 5. The van der Waals surface area contributed by atoms with Gasteiger partial charge in [-0.05, 0) is 57.8 Å². The highest BCUT2D eigenvalue weighted by atomic mass is 16.7. The van der Waals surface area contributed by atoms with E-state index < -0.39 is 49.5 Å². The maximum atomic E-state index is 13.2. The first-order chi connectivity index (χ1) is 40.3. The minimum absolute atomic E-state index is 0.137.